The number of hydrogen-bond donors (Lipinski definition) is 3. The maximum Gasteiger partial charge on any atom is 0.191 e. The predicted molar refractivity (Wildman–Crippen MR) is 49.2 cm³/mol. The van der Waals surface area contributed by atoms with Gasteiger partial charge in [-0.05, 0) is 5.92 Å². The third-order valence-corrected chi connectivity index (χ3v) is 2.00. The van der Waals surface area contributed by atoms with Gasteiger partial charge in [0, 0.05) is 6.54 Å². The van der Waals surface area contributed by atoms with Crippen molar-refractivity contribution in [2.45, 2.75) is 19.9 Å². The van der Waals surface area contributed by atoms with Crippen LogP contribution in [0.15, 0.2) is 4.99 Å². The zero-order valence-corrected chi connectivity index (χ0v) is 7.67. The maximum atomic E-state index is 9.01. The summed E-state index contributed by atoms with van der Waals surface area (Å²) in [6.45, 7) is 6.03. The first-order valence-electron chi connectivity index (χ1n) is 4.39. The fourth-order valence-electron chi connectivity index (χ4n) is 1.09. The molecule has 1 rings (SSSR count). The van der Waals surface area contributed by atoms with Crippen LogP contribution >= 0.6 is 0 Å². The second-order valence-corrected chi connectivity index (χ2v) is 3.33. The minimum absolute atomic E-state index is 0.106. The van der Waals surface area contributed by atoms with E-state index in [1.165, 1.54) is 0 Å². The summed E-state index contributed by atoms with van der Waals surface area (Å²) in [5.41, 5.74) is 0. The summed E-state index contributed by atoms with van der Waals surface area (Å²) in [5, 5.41) is 15.3. The minimum Gasteiger partial charge on any atom is -0.394 e. The van der Waals surface area contributed by atoms with Gasteiger partial charge >= 0.3 is 0 Å². The van der Waals surface area contributed by atoms with Crippen molar-refractivity contribution in [2.75, 3.05) is 19.7 Å². The Kier molecular flexibility index (Phi) is 3.34. The Hall–Kier alpha value is -0.770. The smallest absolute Gasteiger partial charge is 0.191 e. The van der Waals surface area contributed by atoms with Crippen molar-refractivity contribution >= 4 is 5.96 Å². The highest BCUT2D eigenvalue weighted by Crippen LogP contribution is 2.00. The largest absolute Gasteiger partial charge is 0.394 e. The molecule has 0 aromatic heterocycles. The fraction of sp³-hybridized carbons (Fsp3) is 0.875. The molecule has 0 saturated carbocycles. The number of aliphatic hydroxyl groups excluding tert-OH is 1. The van der Waals surface area contributed by atoms with E-state index in [9.17, 15) is 0 Å². The Labute approximate surface area is 73.1 Å². The lowest BCUT2D eigenvalue weighted by Gasteiger charge is -2.20. The molecule has 70 valence electrons. The number of aliphatic hydroxyl groups is 1. The molecule has 0 bridgehead atoms. The molecule has 0 aromatic rings. The summed E-state index contributed by atoms with van der Waals surface area (Å²) in [6.07, 6.45) is 0. The molecule has 0 fully saturated rings. The van der Waals surface area contributed by atoms with Gasteiger partial charge in [0.1, 0.15) is 0 Å². The van der Waals surface area contributed by atoms with Gasteiger partial charge in [-0.3, -0.25) is 4.99 Å². The highest BCUT2D eigenvalue weighted by molar-refractivity contribution is 5.81. The van der Waals surface area contributed by atoms with Gasteiger partial charge in [-0.1, -0.05) is 13.8 Å². The summed E-state index contributed by atoms with van der Waals surface area (Å²) >= 11 is 0. The third-order valence-electron chi connectivity index (χ3n) is 2.00. The van der Waals surface area contributed by atoms with Crippen molar-refractivity contribution in [1.82, 2.24) is 10.6 Å². The molecule has 12 heavy (non-hydrogen) atoms. The molecular formula is C8H17N3O. The van der Waals surface area contributed by atoms with E-state index in [2.05, 4.69) is 29.5 Å². The van der Waals surface area contributed by atoms with Crippen molar-refractivity contribution in [3.8, 4) is 0 Å². The van der Waals surface area contributed by atoms with E-state index in [-0.39, 0.29) is 12.6 Å². The van der Waals surface area contributed by atoms with Crippen LogP contribution in [-0.2, 0) is 0 Å². The molecule has 1 unspecified atom stereocenters. The normalized spacial score (nSPS) is 18.8. The molecule has 0 aliphatic carbocycles. The van der Waals surface area contributed by atoms with E-state index in [0.717, 1.165) is 19.0 Å². The highest BCUT2D eigenvalue weighted by Gasteiger charge is 2.14. The van der Waals surface area contributed by atoms with Gasteiger partial charge < -0.3 is 15.7 Å². The molecule has 1 aliphatic rings. The lowest BCUT2D eigenvalue weighted by molar-refractivity contribution is 0.225. The molecular weight excluding hydrogens is 154 g/mol. The fourth-order valence-corrected chi connectivity index (χ4v) is 1.09. The SMILES string of the molecule is CC(C)C(CO)NC1=NCCN1. The standard InChI is InChI=1S/C8H17N3O/c1-6(2)7(5-12)11-8-9-3-4-10-8/h6-7,12H,3-5H2,1-2H3,(H2,9,10,11). The molecule has 0 amide bonds. The molecule has 0 radical (unpaired) electrons. The quantitative estimate of drug-likeness (QED) is 0.539. The van der Waals surface area contributed by atoms with Crippen LogP contribution in [0, 0.1) is 5.92 Å². The van der Waals surface area contributed by atoms with E-state index in [4.69, 9.17) is 5.11 Å². The van der Waals surface area contributed by atoms with Crippen LogP contribution in [0.1, 0.15) is 13.8 Å². The van der Waals surface area contributed by atoms with Crippen LogP contribution in [0.3, 0.4) is 0 Å². The van der Waals surface area contributed by atoms with Crippen LogP contribution in [0.25, 0.3) is 0 Å². The van der Waals surface area contributed by atoms with E-state index in [1.54, 1.807) is 0 Å². The van der Waals surface area contributed by atoms with Crippen LogP contribution in [0.4, 0.5) is 0 Å². The number of rotatable bonds is 3. The van der Waals surface area contributed by atoms with Gasteiger partial charge in [-0.2, -0.15) is 0 Å². The molecule has 1 aliphatic heterocycles. The van der Waals surface area contributed by atoms with Crippen molar-refractivity contribution in [2.24, 2.45) is 10.9 Å². The van der Waals surface area contributed by atoms with Crippen LogP contribution in [-0.4, -0.2) is 36.8 Å². The second kappa shape index (κ2) is 4.30. The van der Waals surface area contributed by atoms with Gasteiger partial charge in [-0.25, -0.2) is 0 Å². The highest BCUT2D eigenvalue weighted by atomic mass is 16.3. The number of aliphatic imine (C=N–C) groups is 1. The second-order valence-electron chi connectivity index (χ2n) is 3.33. The minimum atomic E-state index is 0.106. The van der Waals surface area contributed by atoms with Gasteiger partial charge in [0.2, 0.25) is 0 Å². The van der Waals surface area contributed by atoms with E-state index in [0.29, 0.717) is 5.92 Å². The maximum absolute atomic E-state index is 9.01. The average molecular weight is 171 g/mol. The first kappa shape index (κ1) is 9.32. The van der Waals surface area contributed by atoms with E-state index < -0.39 is 0 Å². The molecule has 4 nitrogen and oxygen atoms in total. The molecule has 0 spiro atoms. The number of hydrogen-bond acceptors (Lipinski definition) is 4. The van der Waals surface area contributed by atoms with Crippen molar-refractivity contribution in [1.29, 1.82) is 0 Å². The first-order chi connectivity index (χ1) is 5.74. The molecule has 0 saturated heterocycles. The molecule has 4 heteroatoms. The number of guanidine groups is 1. The number of nitrogens with one attached hydrogen (secondary N) is 2. The summed E-state index contributed by atoms with van der Waals surface area (Å²) < 4.78 is 0. The Morgan fingerprint density at radius 3 is 2.83 bits per heavy atom. The van der Waals surface area contributed by atoms with Crippen molar-refractivity contribution in [3.05, 3.63) is 0 Å². The summed E-state index contributed by atoms with van der Waals surface area (Å²) in [5.74, 6) is 1.24. The molecule has 0 aromatic carbocycles. The van der Waals surface area contributed by atoms with Crippen molar-refractivity contribution in [3.63, 3.8) is 0 Å². The van der Waals surface area contributed by atoms with Gasteiger partial charge in [0.05, 0.1) is 19.2 Å². The van der Waals surface area contributed by atoms with Crippen LogP contribution in [0.2, 0.25) is 0 Å². The van der Waals surface area contributed by atoms with E-state index >= 15 is 0 Å². The predicted octanol–water partition coefficient (Wildman–Crippen LogP) is -0.448. The zero-order valence-electron chi connectivity index (χ0n) is 7.67. The molecule has 1 atom stereocenters. The van der Waals surface area contributed by atoms with E-state index in [1.807, 2.05) is 0 Å². The number of nitrogens with zero attached hydrogens (tertiary/aromatic N) is 1. The lowest BCUT2D eigenvalue weighted by atomic mass is 10.1. The topological polar surface area (TPSA) is 56.6 Å². The third kappa shape index (κ3) is 2.37. The van der Waals surface area contributed by atoms with Crippen molar-refractivity contribution < 1.29 is 5.11 Å². The molecule has 1 heterocycles. The monoisotopic (exact) mass is 171 g/mol. The summed E-state index contributed by atoms with van der Waals surface area (Å²) in [4.78, 5) is 4.19. The van der Waals surface area contributed by atoms with Gasteiger partial charge in [0.15, 0.2) is 5.96 Å². The Morgan fingerprint density at radius 1 is 1.67 bits per heavy atom. The Balaban J connectivity index is 2.36. The summed E-state index contributed by atoms with van der Waals surface area (Å²) in [6, 6.07) is 0.106. The zero-order chi connectivity index (χ0) is 8.97. The first-order valence-corrected chi connectivity index (χ1v) is 4.39. The summed E-state index contributed by atoms with van der Waals surface area (Å²) in [7, 11) is 0. The lowest BCUT2D eigenvalue weighted by Crippen LogP contribution is -2.45. The van der Waals surface area contributed by atoms with Gasteiger partial charge in [0.25, 0.3) is 0 Å². The molecule has 3 N–H and O–H groups in total. The van der Waals surface area contributed by atoms with Gasteiger partial charge in [-0.15, -0.1) is 0 Å². The Bertz CT molecular complexity index is 168. The van der Waals surface area contributed by atoms with Crippen LogP contribution in [0.5, 0.6) is 0 Å². The van der Waals surface area contributed by atoms with Crippen LogP contribution < -0.4 is 10.6 Å². The average Bonchev–Trinajstić information content (AvgIpc) is 2.51. The Morgan fingerprint density at radius 2 is 2.42 bits per heavy atom.